The summed E-state index contributed by atoms with van der Waals surface area (Å²) in [7, 11) is 1.56. The summed E-state index contributed by atoms with van der Waals surface area (Å²) < 4.78 is 5.09. The molecule has 0 saturated heterocycles. The second-order valence-electron chi connectivity index (χ2n) is 5.11. The minimum Gasteiger partial charge on any atom is -0.497 e. The number of hydrogen-bond donors (Lipinski definition) is 2. The van der Waals surface area contributed by atoms with Crippen molar-refractivity contribution in [2.75, 3.05) is 12.4 Å². The van der Waals surface area contributed by atoms with Crippen LogP contribution in [0.2, 0.25) is 0 Å². The van der Waals surface area contributed by atoms with E-state index in [-0.39, 0.29) is 18.7 Å². The second kappa shape index (κ2) is 7.73. The van der Waals surface area contributed by atoms with Crippen LogP contribution in [0.5, 0.6) is 5.75 Å². The van der Waals surface area contributed by atoms with E-state index in [1.807, 2.05) is 12.3 Å². The molecule has 1 heterocycles. The van der Waals surface area contributed by atoms with Gasteiger partial charge in [-0.2, -0.15) is 0 Å². The van der Waals surface area contributed by atoms with E-state index in [4.69, 9.17) is 9.84 Å². The van der Waals surface area contributed by atoms with Crippen LogP contribution in [0, 0.1) is 6.92 Å². The molecule has 1 amide bonds. The molecule has 1 aromatic carbocycles. The number of carboxylic acids is 1. The molecular weight excluding hydrogens is 316 g/mol. The van der Waals surface area contributed by atoms with Gasteiger partial charge in [0.2, 0.25) is 5.91 Å². The smallest absolute Gasteiger partial charge is 0.303 e. The number of nitrogens with zero attached hydrogens (tertiary/aromatic N) is 1. The van der Waals surface area contributed by atoms with Crippen molar-refractivity contribution in [1.29, 1.82) is 0 Å². The third-order valence-corrected chi connectivity index (χ3v) is 4.18. The van der Waals surface area contributed by atoms with Gasteiger partial charge in [0.05, 0.1) is 19.2 Å². The summed E-state index contributed by atoms with van der Waals surface area (Å²) in [6.07, 6.45) is -0.0338. The van der Waals surface area contributed by atoms with Crippen molar-refractivity contribution < 1.29 is 19.4 Å². The summed E-state index contributed by atoms with van der Waals surface area (Å²) in [5.74, 6) is -0.907. The molecule has 0 radical (unpaired) electrons. The summed E-state index contributed by atoms with van der Waals surface area (Å²) in [6, 6.07) is 7.08. The highest BCUT2D eigenvalue weighted by atomic mass is 32.1. The van der Waals surface area contributed by atoms with Gasteiger partial charge in [0.25, 0.3) is 0 Å². The third-order valence-electron chi connectivity index (χ3n) is 3.31. The standard InChI is InChI=1S/C16H18N2O4S/c1-10-9-23-16(17-10)18-14(19)7-12(8-15(20)21)11-3-5-13(22-2)6-4-11/h3-6,9,12H,7-8H2,1-2H3,(H,20,21)(H,17,18,19)/t12-/m0/s1. The number of anilines is 1. The van der Waals surface area contributed by atoms with E-state index in [0.29, 0.717) is 10.9 Å². The predicted octanol–water partition coefficient (Wildman–Crippen LogP) is 3.05. The number of methoxy groups -OCH3 is 1. The average molecular weight is 334 g/mol. The number of thiazole rings is 1. The zero-order valence-corrected chi connectivity index (χ0v) is 13.7. The van der Waals surface area contributed by atoms with Crippen LogP contribution in [0.4, 0.5) is 5.13 Å². The second-order valence-corrected chi connectivity index (χ2v) is 5.97. The maximum absolute atomic E-state index is 12.1. The first-order valence-corrected chi connectivity index (χ1v) is 7.93. The molecule has 122 valence electrons. The van der Waals surface area contributed by atoms with Gasteiger partial charge in [-0.05, 0) is 24.6 Å². The highest BCUT2D eigenvalue weighted by molar-refractivity contribution is 7.13. The number of hydrogen-bond acceptors (Lipinski definition) is 5. The Hall–Kier alpha value is -2.41. The molecule has 0 fully saturated rings. The van der Waals surface area contributed by atoms with Gasteiger partial charge in [-0.25, -0.2) is 4.98 Å². The highest BCUT2D eigenvalue weighted by Crippen LogP contribution is 2.26. The van der Waals surface area contributed by atoms with E-state index in [1.165, 1.54) is 11.3 Å². The maximum Gasteiger partial charge on any atom is 0.303 e. The topological polar surface area (TPSA) is 88.5 Å². The SMILES string of the molecule is COc1ccc([C@H](CC(=O)O)CC(=O)Nc2nc(C)cs2)cc1. The van der Waals surface area contributed by atoms with Gasteiger partial charge < -0.3 is 15.2 Å². The van der Waals surface area contributed by atoms with Crippen molar-refractivity contribution in [3.05, 3.63) is 40.9 Å². The molecule has 0 unspecified atom stereocenters. The molecule has 0 aliphatic heterocycles. The normalized spacial score (nSPS) is 11.7. The van der Waals surface area contributed by atoms with E-state index in [2.05, 4.69) is 10.3 Å². The van der Waals surface area contributed by atoms with Crippen LogP contribution < -0.4 is 10.1 Å². The maximum atomic E-state index is 12.1. The molecule has 2 N–H and O–H groups in total. The fourth-order valence-electron chi connectivity index (χ4n) is 2.20. The average Bonchev–Trinajstić information content (AvgIpc) is 2.91. The Morgan fingerprint density at radius 1 is 1.30 bits per heavy atom. The number of amides is 1. The number of carboxylic acid groups (broad SMARTS) is 1. The fraction of sp³-hybridized carbons (Fsp3) is 0.312. The lowest BCUT2D eigenvalue weighted by molar-refractivity contribution is -0.137. The van der Waals surface area contributed by atoms with Crippen LogP contribution in [-0.4, -0.2) is 29.1 Å². The van der Waals surface area contributed by atoms with Crippen LogP contribution in [0.1, 0.15) is 30.0 Å². The molecule has 2 rings (SSSR count). The number of aryl methyl sites for hydroxylation is 1. The molecule has 6 nitrogen and oxygen atoms in total. The molecule has 0 bridgehead atoms. The van der Waals surface area contributed by atoms with Crippen molar-refractivity contribution in [3.8, 4) is 5.75 Å². The minimum atomic E-state index is -0.941. The predicted molar refractivity (Wildman–Crippen MR) is 88.1 cm³/mol. The Bertz CT molecular complexity index is 682. The number of nitrogens with one attached hydrogen (secondary N) is 1. The monoisotopic (exact) mass is 334 g/mol. The number of benzene rings is 1. The Balaban J connectivity index is 2.07. The lowest BCUT2D eigenvalue weighted by Crippen LogP contribution is -2.17. The molecule has 1 aromatic heterocycles. The third kappa shape index (κ3) is 5.07. The number of ether oxygens (including phenoxy) is 1. The van der Waals surface area contributed by atoms with E-state index in [1.54, 1.807) is 31.4 Å². The van der Waals surface area contributed by atoms with Crippen molar-refractivity contribution >= 4 is 28.3 Å². The van der Waals surface area contributed by atoms with Gasteiger partial charge in [-0.1, -0.05) is 12.1 Å². The number of rotatable bonds is 7. The highest BCUT2D eigenvalue weighted by Gasteiger charge is 2.20. The van der Waals surface area contributed by atoms with E-state index in [0.717, 1.165) is 11.3 Å². The Morgan fingerprint density at radius 3 is 2.52 bits per heavy atom. The van der Waals surface area contributed by atoms with Crippen molar-refractivity contribution in [2.24, 2.45) is 0 Å². The molecule has 7 heteroatoms. The van der Waals surface area contributed by atoms with Gasteiger partial charge >= 0.3 is 5.97 Å². The zero-order chi connectivity index (χ0) is 16.8. The summed E-state index contributed by atoms with van der Waals surface area (Å²) in [4.78, 5) is 27.4. The lowest BCUT2D eigenvalue weighted by atomic mass is 9.92. The molecule has 1 atom stereocenters. The first-order valence-electron chi connectivity index (χ1n) is 7.05. The largest absolute Gasteiger partial charge is 0.497 e. The van der Waals surface area contributed by atoms with Crippen LogP contribution in [0.15, 0.2) is 29.6 Å². The Morgan fingerprint density at radius 2 is 2.00 bits per heavy atom. The van der Waals surface area contributed by atoms with Gasteiger partial charge in [-0.15, -0.1) is 11.3 Å². The molecule has 0 spiro atoms. The summed E-state index contributed by atoms with van der Waals surface area (Å²) in [5, 5.41) is 14.2. The quantitative estimate of drug-likeness (QED) is 0.812. The molecule has 0 aliphatic rings. The first-order chi connectivity index (χ1) is 11.0. The van der Waals surface area contributed by atoms with Crippen molar-refractivity contribution in [3.63, 3.8) is 0 Å². The molecule has 23 heavy (non-hydrogen) atoms. The van der Waals surface area contributed by atoms with Crippen LogP contribution >= 0.6 is 11.3 Å². The van der Waals surface area contributed by atoms with E-state index in [9.17, 15) is 9.59 Å². The molecular formula is C16H18N2O4S. The van der Waals surface area contributed by atoms with Gasteiger partial charge in [0.1, 0.15) is 5.75 Å². The number of carbonyl (C=O) groups excluding carboxylic acids is 1. The number of aromatic nitrogens is 1. The molecule has 0 aliphatic carbocycles. The first kappa shape index (κ1) is 17.0. The molecule has 2 aromatic rings. The summed E-state index contributed by atoms with van der Waals surface area (Å²) in [6.45, 7) is 1.84. The summed E-state index contributed by atoms with van der Waals surface area (Å²) >= 11 is 1.34. The number of aliphatic carboxylic acids is 1. The van der Waals surface area contributed by atoms with Crippen LogP contribution in [-0.2, 0) is 9.59 Å². The van der Waals surface area contributed by atoms with E-state index < -0.39 is 11.9 Å². The van der Waals surface area contributed by atoms with Crippen LogP contribution in [0.3, 0.4) is 0 Å². The lowest BCUT2D eigenvalue weighted by Gasteiger charge is -2.15. The molecule has 0 saturated carbocycles. The fourth-order valence-corrected chi connectivity index (χ4v) is 2.90. The van der Waals surface area contributed by atoms with Gasteiger partial charge in [0, 0.05) is 17.7 Å². The Kier molecular flexibility index (Phi) is 5.70. The van der Waals surface area contributed by atoms with Crippen molar-refractivity contribution in [2.45, 2.75) is 25.7 Å². The Labute approximate surface area is 138 Å². The van der Waals surface area contributed by atoms with Gasteiger partial charge in [0.15, 0.2) is 5.13 Å². The number of carbonyl (C=O) groups is 2. The zero-order valence-electron chi connectivity index (χ0n) is 12.9. The van der Waals surface area contributed by atoms with Crippen molar-refractivity contribution in [1.82, 2.24) is 4.98 Å². The van der Waals surface area contributed by atoms with Crippen LogP contribution in [0.25, 0.3) is 0 Å². The minimum absolute atomic E-state index is 0.0806. The van der Waals surface area contributed by atoms with E-state index >= 15 is 0 Å². The van der Waals surface area contributed by atoms with Gasteiger partial charge in [-0.3, -0.25) is 9.59 Å². The summed E-state index contributed by atoms with van der Waals surface area (Å²) in [5.41, 5.74) is 1.63.